The third kappa shape index (κ3) is 37.7. The molecular weight excluding hydrogens is 624 g/mol. The van der Waals surface area contributed by atoms with E-state index in [-0.39, 0.29) is 31.1 Å². The Hall–Kier alpha value is -1.59. The average Bonchev–Trinajstić information content (AvgIpc) is 3.11. The maximum absolute atomic E-state index is 12.5. The minimum atomic E-state index is -0.755. The van der Waals surface area contributed by atoms with Gasteiger partial charge >= 0.3 is 17.9 Å². The molecule has 6 heteroatoms. The van der Waals surface area contributed by atoms with Gasteiger partial charge in [0, 0.05) is 19.3 Å². The lowest BCUT2D eigenvalue weighted by Gasteiger charge is -2.18. The molecule has 0 saturated heterocycles. The number of hydrogen-bond acceptors (Lipinski definition) is 6. The van der Waals surface area contributed by atoms with E-state index in [0.29, 0.717) is 19.3 Å². The summed E-state index contributed by atoms with van der Waals surface area (Å²) >= 11 is 0. The Morgan fingerprint density at radius 1 is 0.320 bits per heavy atom. The van der Waals surface area contributed by atoms with Gasteiger partial charge in [-0.25, -0.2) is 0 Å². The van der Waals surface area contributed by atoms with Gasteiger partial charge in [0.25, 0.3) is 0 Å². The first-order chi connectivity index (χ1) is 24.5. The first-order valence-corrected chi connectivity index (χ1v) is 22.0. The molecule has 0 unspecified atom stereocenters. The normalized spacial score (nSPS) is 11.8. The topological polar surface area (TPSA) is 78.9 Å². The van der Waals surface area contributed by atoms with Crippen LogP contribution in [0.1, 0.15) is 245 Å². The lowest BCUT2D eigenvalue weighted by atomic mass is 10.0. The molecule has 0 aliphatic rings. The average molecular weight is 709 g/mol. The Labute approximate surface area is 310 Å². The molecular formula is C44H84O6. The lowest BCUT2D eigenvalue weighted by Crippen LogP contribution is -2.30. The number of hydrogen-bond donors (Lipinski definition) is 0. The molecule has 0 spiro atoms. The van der Waals surface area contributed by atoms with Crippen LogP contribution in [0.3, 0.4) is 0 Å². The van der Waals surface area contributed by atoms with Crippen LogP contribution in [-0.2, 0) is 28.6 Å². The van der Waals surface area contributed by atoms with Crippen LogP contribution in [0.25, 0.3) is 0 Å². The fraction of sp³-hybridized carbons (Fsp3) is 0.932. The van der Waals surface area contributed by atoms with Crippen LogP contribution < -0.4 is 0 Å². The summed E-state index contributed by atoms with van der Waals surface area (Å²) in [5, 5.41) is 0. The Balaban J connectivity index is 4.07. The second-order valence-corrected chi connectivity index (χ2v) is 15.0. The van der Waals surface area contributed by atoms with Crippen molar-refractivity contribution >= 4 is 17.9 Å². The Morgan fingerprint density at radius 3 is 0.800 bits per heavy atom. The van der Waals surface area contributed by atoms with E-state index in [2.05, 4.69) is 20.8 Å². The summed E-state index contributed by atoms with van der Waals surface area (Å²) in [4.78, 5) is 37.3. The SMILES string of the molecule is CCCCCCCCCCCCCCCCCCCCC(=O)OC[C@H](COC(=O)CCCCCCCCCCC)OC(=O)CCCCCCC. The maximum atomic E-state index is 12.5. The van der Waals surface area contributed by atoms with Crippen molar-refractivity contribution in [1.29, 1.82) is 0 Å². The van der Waals surface area contributed by atoms with Crippen molar-refractivity contribution in [1.82, 2.24) is 0 Å². The fourth-order valence-corrected chi connectivity index (χ4v) is 6.50. The highest BCUT2D eigenvalue weighted by Gasteiger charge is 2.19. The van der Waals surface area contributed by atoms with Crippen molar-refractivity contribution in [3.05, 3.63) is 0 Å². The van der Waals surface area contributed by atoms with Crippen molar-refractivity contribution in [2.24, 2.45) is 0 Å². The van der Waals surface area contributed by atoms with Crippen LogP contribution in [0.15, 0.2) is 0 Å². The molecule has 0 aromatic carbocycles. The highest BCUT2D eigenvalue weighted by molar-refractivity contribution is 5.71. The van der Waals surface area contributed by atoms with Crippen molar-refractivity contribution in [3.63, 3.8) is 0 Å². The molecule has 296 valence electrons. The number of ether oxygens (including phenoxy) is 3. The Kier molecular flexibility index (Phi) is 38.9. The first-order valence-electron chi connectivity index (χ1n) is 22.0. The monoisotopic (exact) mass is 709 g/mol. The van der Waals surface area contributed by atoms with Crippen molar-refractivity contribution in [3.8, 4) is 0 Å². The molecule has 50 heavy (non-hydrogen) atoms. The molecule has 0 heterocycles. The van der Waals surface area contributed by atoms with Gasteiger partial charge in [-0.05, 0) is 19.3 Å². The highest BCUT2D eigenvalue weighted by Crippen LogP contribution is 2.16. The fourth-order valence-electron chi connectivity index (χ4n) is 6.50. The smallest absolute Gasteiger partial charge is 0.306 e. The third-order valence-corrected chi connectivity index (χ3v) is 9.86. The summed E-state index contributed by atoms with van der Waals surface area (Å²) in [5.74, 6) is -0.872. The lowest BCUT2D eigenvalue weighted by molar-refractivity contribution is -0.167. The standard InChI is InChI=1S/C44H84O6/c1-4-7-10-13-15-17-18-19-20-21-22-23-24-25-27-29-32-34-37-43(46)49-40-41(50-44(47)38-35-30-12-9-6-3)39-48-42(45)36-33-31-28-26-16-14-11-8-5-2/h41H,4-40H2,1-3H3/t41-/m0/s1. The highest BCUT2D eigenvalue weighted by atomic mass is 16.6. The van der Waals surface area contributed by atoms with Gasteiger partial charge in [-0.1, -0.05) is 207 Å². The molecule has 0 aliphatic carbocycles. The second-order valence-electron chi connectivity index (χ2n) is 15.0. The number of rotatable bonds is 40. The summed E-state index contributed by atoms with van der Waals surface area (Å²) in [5.41, 5.74) is 0. The third-order valence-electron chi connectivity index (χ3n) is 9.86. The van der Waals surface area contributed by atoms with Gasteiger partial charge in [0.2, 0.25) is 0 Å². The summed E-state index contributed by atoms with van der Waals surface area (Å²) in [7, 11) is 0. The van der Waals surface area contributed by atoms with Gasteiger partial charge in [-0.2, -0.15) is 0 Å². The molecule has 1 atom stereocenters. The number of carbonyl (C=O) groups is 3. The van der Waals surface area contributed by atoms with E-state index in [1.165, 1.54) is 141 Å². The van der Waals surface area contributed by atoms with Crippen LogP contribution >= 0.6 is 0 Å². The quantitative estimate of drug-likeness (QED) is 0.0358. The van der Waals surface area contributed by atoms with Gasteiger partial charge < -0.3 is 14.2 Å². The molecule has 0 rings (SSSR count). The van der Waals surface area contributed by atoms with E-state index in [9.17, 15) is 14.4 Å². The number of carbonyl (C=O) groups excluding carboxylic acids is 3. The van der Waals surface area contributed by atoms with Gasteiger partial charge in [0.15, 0.2) is 6.10 Å². The zero-order chi connectivity index (χ0) is 36.6. The van der Waals surface area contributed by atoms with Crippen molar-refractivity contribution in [2.75, 3.05) is 13.2 Å². The van der Waals surface area contributed by atoms with Crippen LogP contribution in [0.4, 0.5) is 0 Å². The molecule has 0 radical (unpaired) electrons. The van der Waals surface area contributed by atoms with Crippen LogP contribution in [-0.4, -0.2) is 37.2 Å². The van der Waals surface area contributed by atoms with Gasteiger partial charge in [-0.15, -0.1) is 0 Å². The molecule has 0 amide bonds. The molecule has 6 nitrogen and oxygen atoms in total. The van der Waals surface area contributed by atoms with E-state index in [1.54, 1.807) is 0 Å². The predicted octanol–water partition coefficient (Wildman–Crippen LogP) is 13.7. The number of unbranched alkanes of at least 4 members (excludes halogenated alkanes) is 29. The number of esters is 3. The van der Waals surface area contributed by atoms with Crippen LogP contribution in [0, 0.1) is 0 Å². The van der Waals surface area contributed by atoms with Gasteiger partial charge in [0.1, 0.15) is 13.2 Å². The van der Waals surface area contributed by atoms with E-state index in [0.717, 1.165) is 64.2 Å². The zero-order valence-electron chi connectivity index (χ0n) is 33.7. The van der Waals surface area contributed by atoms with E-state index in [1.807, 2.05) is 0 Å². The first kappa shape index (κ1) is 48.4. The summed E-state index contributed by atoms with van der Waals surface area (Å²) in [6.07, 6.45) is 39.8. The van der Waals surface area contributed by atoms with Gasteiger partial charge in [-0.3, -0.25) is 14.4 Å². The maximum Gasteiger partial charge on any atom is 0.306 e. The van der Waals surface area contributed by atoms with E-state index in [4.69, 9.17) is 14.2 Å². The molecule has 0 saturated carbocycles. The van der Waals surface area contributed by atoms with Crippen LogP contribution in [0.2, 0.25) is 0 Å². The second kappa shape index (κ2) is 40.2. The van der Waals surface area contributed by atoms with Crippen molar-refractivity contribution in [2.45, 2.75) is 252 Å². The molecule has 0 aliphatic heterocycles. The molecule has 0 bridgehead atoms. The predicted molar refractivity (Wildman–Crippen MR) is 210 cm³/mol. The van der Waals surface area contributed by atoms with Crippen molar-refractivity contribution < 1.29 is 28.6 Å². The van der Waals surface area contributed by atoms with E-state index < -0.39 is 6.10 Å². The molecule has 0 fully saturated rings. The molecule has 0 N–H and O–H groups in total. The van der Waals surface area contributed by atoms with Gasteiger partial charge in [0.05, 0.1) is 0 Å². The minimum absolute atomic E-state index is 0.0647. The largest absolute Gasteiger partial charge is 0.462 e. The Morgan fingerprint density at radius 2 is 0.540 bits per heavy atom. The summed E-state index contributed by atoms with van der Waals surface area (Å²) in [6, 6.07) is 0. The minimum Gasteiger partial charge on any atom is -0.462 e. The summed E-state index contributed by atoms with van der Waals surface area (Å²) in [6.45, 7) is 6.55. The Bertz CT molecular complexity index is 738. The summed E-state index contributed by atoms with van der Waals surface area (Å²) < 4.78 is 16.5. The molecule has 0 aromatic heterocycles. The molecule has 0 aromatic rings. The van der Waals surface area contributed by atoms with E-state index >= 15 is 0 Å². The van der Waals surface area contributed by atoms with Crippen LogP contribution in [0.5, 0.6) is 0 Å². The zero-order valence-corrected chi connectivity index (χ0v) is 33.7.